The number of H-pyrrole nitrogens is 1. The van der Waals surface area contributed by atoms with Crippen molar-refractivity contribution in [2.45, 2.75) is 51.1 Å². The van der Waals surface area contributed by atoms with Crippen molar-refractivity contribution in [3.05, 3.63) is 17.0 Å². The average molecular weight is 337 g/mol. The summed E-state index contributed by atoms with van der Waals surface area (Å²) in [5.74, 6) is 3.50. The third-order valence-electron chi connectivity index (χ3n) is 6.77. The van der Waals surface area contributed by atoms with E-state index in [1.807, 2.05) is 0 Å². The van der Waals surface area contributed by atoms with E-state index < -0.39 is 0 Å². The van der Waals surface area contributed by atoms with E-state index in [-0.39, 0.29) is 18.3 Å². The van der Waals surface area contributed by atoms with Crippen molar-refractivity contribution in [2.75, 3.05) is 6.54 Å². The van der Waals surface area contributed by atoms with Crippen molar-refractivity contribution in [1.82, 2.24) is 20.8 Å². The lowest BCUT2D eigenvalue weighted by molar-refractivity contribution is 0.0895. The fraction of sp³-hybridized carbons (Fsp3) is 0.765. The third-order valence-corrected chi connectivity index (χ3v) is 6.77. The summed E-state index contributed by atoms with van der Waals surface area (Å²) in [6.45, 7) is 1.72. The van der Waals surface area contributed by atoms with Crippen molar-refractivity contribution in [2.24, 2.45) is 23.7 Å². The van der Waals surface area contributed by atoms with Crippen molar-refractivity contribution in [3.63, 3.8) is 0 Å². The Labute approximate surface area is 142 Å². The van der Waals surface area contributed by atoms with Gasteiger partial charge in [-0.25, -0.2) is 0 Å². The number of aromatic amines is 1. The normalized spacial score (nSPS) is 37.1. The monoisotopic (exact) mass is 336 g/mol. The highest BCUT2D eigenvalue weighted by atomic mass is 35.5. The molecule has 5 nitrogen and oxygen atoms in total. The van der Waals surface area contributed by atoms with E-state index in [1.165, 1.54) is 32.1 Å². The van der Waals surface area contributed by atoms with Crippen molar-refractivity contribution in [1.29, 1.82) is 0 Å². The maximum Gasteiger partial charge on any atom is 0.272 e. The minimum absolute atomic E-state index is 0. The van der Waals surface area contributed by atoms with Crippen molar-refractivity contribution < 1.29 is 4.79 Å². The average Bonchev–Trinajstić information content (AvgIpc) is 3.27. The fourth-order valence-electron chi connectivity index (χ4n) is 5.88. The quantitative estimate of drug-likeness (QED) is 0.774. The number of nitrogens with zero attached hydrogens (tertiary/aromatic N) is 1. The molecule has 3 N–H and O–H groups in total. The van der Waals surface area contributed by atoms with Crippen LogP contribution < -0.4 is 10.6 Å². The molecular formula is C17H25ClN4O. The number of halogens is 1. The first-order valence-corrected chi connectivity index (χ1v) is 8.89. The number of amides is 1. The Morgan fingerprint density at radius 2 is 2.04 bits per heavy atom. The summed E-state index contributed by atoms with van der Waals surface area (Å²) in [5, 5.41) is 14.0. The first-order valence-electron chi connectivity index (χ1n) is 8.89. The Morgan fingerprint density at radius 1 is 1.17 bits per heavy atom. The smallest absolute Gasteiger partial charge is 0.272 e. The van der Waals surface area contributed by atoms with Crippen molar-refractivity contribution >= 4 is 18.3 Å². The predicted molar refractivity (Wildman–Crippen MR) is 89.5 cm³/mol. The maximum atomic E-state index is 12.7. The summed E-state index contributed by atoms with van der Waals surface area (Å²) in [6, 6.07) is 0.390. The van der Waals surface area contributed by atoms with Gasteiger partial charge in [-0.15, -0.1) is 12.4 Å². The molecule has 0 aromatic carbocycles. The molecule has 5 rings (SSSR count). The van der Waals surface area contributed by atoms with Crippen molar-refractivity contribution in [3.8, 4) is 0 Å². The Morgan fingerprint density at radius 3 is 2.96 bits per heavy atom. The number of carbonyl (C=O) groups is 1. The largest absolute Gasteiger partial charge is 0.348 e. The fourth-order valence-corrected chi connectivity index (χ4v) is 5.88. The molecule has 4 aliphatic rings. The van der Waals surface area contributed by atoms with Crippen LogP contribution in [0.15, 0.2) is 0 Å². The van der Waals surface area contributed by atoms with E-state index >= 15 is 0 Å². The first-order chi connectivity index (χ1) is 10.8. The molecule has 3 aliphatic carbocycles. The van der Waals surface area contributed by atoms with Gasteiger partial charge in [0.1, 0.15) is 0 Å². The third kappa shape index (κ3) is 2.31. The molecule has 3 saturated carbocycles. The zero-order valence-corrected chi connectivity index (χ0v) is 14.1. The maximum absolute atomic E-state index is 12.7. The molecule has 23 heavy (non-hydrogen) atoms. The second kappa shape index (κ2) is 5.78. The topological polar surface area (TPSA) is 69.8 Å². The van der Waals surface area contributed by atoms with E-state index in [0.717, 1.165) is 54.4 Å². The van der Waals surface area contributed by atoms with Gasteiger partial charge >= 0.3 is 0 Å². The first kappa shape index (κ1) is 15.5. The van der Waals surface area contributed by atoms with Crippen LogP contribution in [-0.4, -0.2) is 28.7 Å². The molecule has 1 aliphatic heterocycles. The molecule has 126 valence electrons. The molecule has 2 heterocycles. The number of carbonyl (C=O) groups excluding carboxylic acids is 1. The van der Waals surface area contributed by atoms with E-state index in [0.29, 0.717) is 11.7 Å². The number of hydrogen-bond donors (Lipinski definition) is 3. The van der Waals surface area contributed by atoms with E-state index in [2.05, 4.69) is 20.8 Å². The van der Waals surface area contributed by atoms with Gasteiger partial charge in [0.05, 0.1) is 0 Å². The van der Waals surface area contributed by atoms with Gasteiger partial charge in [0.2, 0.25) is 0 Å². The van der Waals surface area contributed by atoms with Gasteiger partial charge in [-0.1, -0.05) is 6.42 Å². The van der Waals surface area contributed by atoms with Gasteiger partial charge in [-0.2, -0.15) is 5.10 Å². The van der Waals surface area contributed by atoms with E-state index in [4.69, 9.17) is 0 Å². The lowest BCUT2D eigenvalue weighted by Crippen LogP contribution is -2.43. The number of nitrogens with one attached hydrogen (secondary N) is 3. The van der Waals surface area contributed by atoms with E-state index in [1.54, 1.807) is 0 Å². The van der Waals surface area contributed by atoms with E-state index in [9.17, 15) is 4.79 Å². The summed E-state index contributed by atoms with van der Waals surface area (Å²) >= 11 is 0. The van der Waals surface area contributed by atoms with Gasteiger partial charge in [0, 0.05) is 36.8 Å². The Hall–Kier alpha value is -1.07. The molecule has 1 aromatic heterocycles. The Bertz CT molecular complexity index is 616. The molecule has 5 unspecified atom stereocenters. The molecule has 0 saturated heterocycles. The summed E-state index contributed by atoms with van der Waals surface area (Å²) in [7, 11) is 0. The lowest BCUT2D eigenvalue weighted by Gasteiger charge is -2.32. The van der Waals surface area contributed by atoms with Crippen LogP contribution in [0, 0.1) is 23.7 Å². The molecule has 1 amide bonds. The predicted octanol–water partition coefficient (Wildman–Crippen LogP) is 2.03. The summed E-state index contributed by atoms with van der Waals surface area (Å²) in [6.07, 6.45) is 7.71. The second-order valence-corrected chi connectivity index (χ2v) is 7.69. The number of hydrogen-bond acceptors (Lipinski definition) is 3. The Balaban J connectivity index is 0.00000135. The van der Waals surface area contributed by atoms with Crippen LogP contribution in [0.3, 0.4) is 0 Å². The number of aromatic nitrogens is 2. The molecule has 5 atom stereocenters. The van der Waals surface area contributed by atoms with Crippen LogP contribution in [-0.2, 0) is 13.0 Å². The molecule has 3 fully saturated rings. The zero-order chi connectivity index (χ0) is 14.7. The van der Waals surface area contributed by atoms with Gasteiger partial charge in [0.15, 0.2) is 5.69 Å². The zero-order valence-electron chi connectivity index (χ0n) is 13.3. The molecule has 2 bridgehead atoms. The van der Waals surface area contributed by atoms with Gasteiger partial charge in [0.25, 0.3) is 5.91 Å². The number of rotatable bonds is 2. The number of fused-ring (bicyclic) bond motifs is 6. The van der Waals surface area contributed by atoms with Crippen LogP contribution in [0.2, 0.25) is 0 Å². The molecule has 0 radical (unpaired) electrons. The van der Waals surface area contributed by atoms with Gasteiger partial charge in [-0.3, -0.25) is 9.89 Å². The van der Waals surface area contributed by atoms with Crippen LogP contribution in [0.25, 0.3) is 0 Å². The molecular weight excluding hydrogens is 312 g/mol. The summed E-state index contributed by atoms with van der Waals surface area (Å²) in [4.78, 5) is 12.7. The highest BCUT2D eigenvalue weighted by Crippen LogP contribution is 2.58. The minimum atomic E-state index is 0. The second-order valence-electron chi connectivity index (χ2n) is 7.69. The highest BCUT2D eigenvalue weighted by Gasteiger charge is 2.54. The minimum Gasteiger partial charge on any atom is -0.348 e. The summed E-state index contributed by atoms with van der Waals surface area (Å²) in [5.41, 5.74) is 2.83. The van der Waals surface area contributed by atoms with Crippen LogP contribution in [0.5, 0.6) is 0 Å². The summed E-state index contributed by atoms with van der Waals surface area (Å²) < 4.78 is 0. The standard InChI is InChI=1S/C17H24N4O.ClH/c22-17(16-13-8-18-5-4-14(13)20-21-16)19-15-7-9-6-12(15)11-3-1-2-10(9)11;/h9-12,15,18H,1-8H2,(H,19,22)(H,20,21);1H. The SMILES string of the molecule is Cl.O=C(NC1CC2CC1C1CCCC21)c1n[nH]c2c1CNCC2. The Kier molecular flexibility index (Phi) is 3.88. The van der Waals surface area contributed by atoms with Crippen LogP contribution in [0.1, 0.15) is 53.8 Å². The molecule has 1 aromatic rings. The van der Waals surface area contributed by atoms with Crippen LogP contribution >= 0.6 is 12.4 Å². The highest BCUT2D eigenvalue weighted by molar-refractivity contribution is 5.94. The molecule has 6 heteroatoms. The lowest BCUT2D eigenvalue weighted by atomic mass is 9.79. The molecule has 0 spiro atoms. The van der Waals surface area contributed by atoms with Gasteiger partial charge in [-0.05, 0) is 49.4 Å². The van der Waals surface area contributed by atoms with Crippen LogP contribution in [0.4, 0.5) is 0 Å². The van der Waals surface area contributed by atoms with Gasteiger partial charge < -0.3 is 10.6 Å².